The SMILES string of the molecule is c1ccc(-c2nc(-c3ccc(-c4cc(-c5ccccc5)c5c(c4)oc4cc6ccccc6cc45)cc3)nc3c2sc2ccccc23)cc1. The van der Waals surface area contributed by atoms with E-state index >= 15 is 0 Å². The van der Waals surface area contributed by atoms with Crippen LogP contribution in [0, 0.1) is 0 Å². The Balaban J connectivity index is 1.13. The molecule has 0 spiro atoms. The number of hydrogen-bond donors (Lipinski definition) is 0. The molecule has 0 amide bonds. The minimum Gasteiger partial charge on any atom is -0.456 e. The van der Waals surface area contributed by atoms with E-state index in [1.54, 1.807) is 11.3 Å². The Hall–Kier alpha value is -6.10. The van der Waals surface area contributed by atoms with Crippen molar-refractivity contribution in [1.82, 2.24) is 9.97 Å². The van der Waals surface area contributed by atoms with E-state index in [0.29, 0.717) is 0 Å². The molecule has 10 aromatic rings. The van der Waals surface area contributed by atoms with Gasteiger partial charge in [0, 0.05) is 32.0 Å². The molecule has 3 aromatic heterocycles. The summed E-state index contributed by atoms with van der Waals surface area (Å²) in [7, 11) is 0. The molecule has 0 aliphatic rings. The molecule has 224 valence electrons. The van der Waals surface area contributed by atoms with Gasteiger partial charge in [-0.05, 0) is 63.4 Å². The number of rotatable bonds is 4. The molecule has 48 heavy (non-hydrogen) atoms. The van der Waals surface area contributed by atoms with Gasteiger partial charge in [0.05, 0.1) is 15.9 Å². The molecule has 0 saturated heterocycles. The Bertz CT molecular complexity index is 2820. The number of furan rings is 1. The number of fused-ring (bicyclic) bond motifs is 7. The zero-order chi connectivity index (χ0) is 31.6. The molecule has 0 radical (unpaired) electrons. The summed E-state index contributed by atoms with van der Waals surface area (Å²) in [6.45, 7) is 0. The highest BCUT2D eigenvalue weighted by molar-refractivity contribution is 7.26. The van der Waals surface area contributed by atoms with Gasteiger partial charge in [0.2, 0.25) is 0 Å². The zero-order valence-corrected chi connectivity index (χ0v) is 26.5. The van der Waals surface area contributed by atoms with Gasteiger partial charge < -0.3 is 4.42 Å². The van der Waals surface area contributed by atoms with Crippen molar-refractivity contribution in [3.05, 3.63) is 158 Å². The monoisotopic (exact) mass is 630 g/mol. The number of hydrogen-bond acceptors (Lipinski definition) is 4. The van der Waals surface area contributed by atoms with E-state index in [2.05, 4.69) is 152 Å². The summed E-state index contributed by atoms with van der Waals surface area (Å²) in [5, 5.41) is 5.81. The molecule has 0 unspecified atom stereocenters. The molecular weight excluding hydrogens is 605 g/mol. The predicted octanol–water partition coefficient (Wildman–Crippen LogP) is 12.6. The van der Waals surface area contributed by atoms with Gasteiger partial charge in [0.25, 0.3) is 0 Å². The summed E-state index contributed by atoms with van der Waals surface area (Å²) >= 11 is 1.75. The van der Waals surface area contributed by atoms with Crippen LogP contribution in [0.4, 0.5) is 0 Å². The molecule has 0 saturated carbocycles. The fourth-order valence-corrected chi connectivity index (χ4v) is 8.08. The van der Waals surface area contributed by atoms with Gasteiger partial charge in [-0.25, -0.2) is 9.97 Å². The summed E-state index contributed by atoms with van der Waals surface area (Å²) < 4.78 is 8.91. The van der Waals surface area contributed by atoms with Crippen LogP contribution >= 0.6 is 11.3 Å². The lowest BCUT2D eigenvalue weighted by molar-refractivity contribution is 0.669. The molecule has 0 bridgehead atoms. The van der Waals surface area contributed by atoms with Crippen molar-refractivity contribution < 1.29 is 4.42 Å². The van der Waals surface area contributed by atoms with Crippen LogP contribution in [-0.2, 0) is 0 Å². The molecule has 7 aromatic carbocycles. The highest BCUT2D eigenvalue weighted by Gasteiger charge is 2.18. The molecule has 0 aliphatic heterocycles. The lowest BCUT2D eigenvalue weighted by Crippen LogP contribution is -1.93. The quantitative estimate of drug-likeness (QED) is 0.194. The normalized spacial score (nSPS) is 11.8. The van der Waals surface area contributed by atoms with Crippen LogP contribution in [-0.4, -0.2) is 9.97 Å². The van der Waals surface area contributed by atoms with Gasteiger partial charge >= 0.3 is 0 Å². The average Bonchev–Trinajstić information content (AvgIpc) is 3.71. The van der Waals surface area contributed by atoms with E-state index in [4.69, 9.17) is 14.4 Å². The summed E-state index contributed by atoms with van der Waals surface area (Å²) in [6, 6.07) is 55.5. The number of aromatic nitrogens is 2. The fraction of sp³-hybridized carbons (Fsp3) is 0. The van der Waals surface area contributed by atoms with Gasteiger partial charge in [-0.2, -0.15) is 0 Å². The van der Waals surface area contributed by atoms with Crippen molar-refractivity contribution >= 4 is 64.4 Å². The van der Waals surface area contributed by atoms with Gasteiger partial charge in [0.1, 0.15) is 11.2 Å². The Kier molecular flexibility index (Phi) is 6.05. The first-order chi connectivity index (χ1) is 23.8. The lowest BCUT2D eigenvalue weighted by atomic mass is 9.93. The number of benzene rings is 7. The van der Waals surface area contributed by atoms with Crippen molar-refractivity contribution in [2.45, 2.75) is 0 Å². The lowest BCUT2D eigenvalue weighted by Gasteiger charge is -2.10. The van der Waals surface area contributed by atoms with E-state index in [0.717, 1.165) is 82.4 Å². The highest BCUT2D eigenvalue weighted by atomic mass is 32.1. The second kappa shape index (κ2) is 10.7. The summed E-state index contributed by atoms with van der Waals surface area (Å²) in [6.07, 6.45) is 0. The molecule has 0 N–H and O–H groups in total. The van der Waals surface area contributed by atoms with Crippen molar-refractivity contribution in [2.24, 2.45) is 0 Å². The first-order valence-corrected chi connectivity index (χ1v) is 16.9. The average molecular weight is 631 g/mol. The highest BCUT2D eigenvalue weighted by Crippen LogP contribution is 2.42. The van der Waals surface area contributed by atoms with Crippen LogP contribution in [0.3, 0.4) is 0 Å². The fourth-order valence-electron chi connectivity index (χ4n) is 6.93. The van der Waals surface area contributed by atoms with E-state index in [1.165, 1.54) is 15.5 Å². The van der Waals surface area contributed by atoms with E-state index in [-0.39, 0.29) is 0 Å². The van der Waals surface area contributed by atoms with Crippen LogP contribution in [0.1, 0.15) is 0 Å². The maximum Gasteiger partial charge on any atom is 0.160 e. The zero-order valence-electron chi connectivity index (χ0n) is 25.7. The van der Waals surface area contributed by atoms with Gasteiger partial charge in [-0.15, -0.1) is 11.3 Å². The third-order valence-electron chi connectivity index (χ3n) is 9.27. The van der Waals surface area contributed by atoms with Gasteiger partial charge in [0.15, 0.2) is 5.82 Å². The van der Waals surface area contributed by atoms with Gasteiger partial charge in [-0.1, -0.05) is 127 Å². The van der Waals surface area contributed by atoms with E-state index < -0.39 is 0 Å². The van der Waals surface area contributed by atoms with Gasteiger partial charge in [-0.3, -0.25) is 0 Å². The predicted molar refractivity (Wildman–Crippen MR) is 201 cm³/mol. The molecular formula is C44H26N2OS. The van der Waals surface area contributed by atoms with Crippen molar-refractivity contribution in [2.75, 3.05) is 0 Å². The molecule has 3 heterocycles. The minimum atomic E-state index is 0.723. The maximum atomic E-state index is 6.58. The maximum absolute atomic E-state index is 6.58. The van der Waals surface area contributed by atoms with Crippen molar-refractivity contribution in [1.29, 1.82) is 0 Å². The molecule has 0 fully saturated rings. The molecule has 0 atom stereocenters. The van der Waals surface area contributed by atoms with Crippen LogP contribution in [0.25, 0.3) is 97.9 Å². The van der Waals surface area contributed by atoms with Crippen LogP contribution < -0.4 is 0 Å². The number of nitrogens with zero attached hydrogens (tertiary/aromatic N) is 2. The van der Waals surface area contributed by atoms with Crippen LogP contribution in [0.5, 0.6) is 0 Å². The van der Waals surface area contributed by atoms with E-state index in [1.807, 2.05) is 6.07 Å². The van der Waals surface area contributed by atoms with E-state index in [9.17, 15) is 0 Å². The van der Waals surface area contributed by atoms with Crippen molar-refractivity contribution in [3.63, 3.8) is 0 Å². The smallest absolute Gasteiger partial charge is 0.160 e. The first-order valence-electron chi connectivity index (χ1n) is 16.1. The molecule has 10 rings (SSSR count). The van der Waals surface area contributed by atoms with Crippen LogP contribution in [0.2, 0.25) is 0 Å². The Morgan fingerprint density at radius 3 is 1.92 bits per heavy atom. The first kappa shape index (κ1) is 27.1. The van der Waals surface area contributed by atoms with Crippen molar-refractivity contribution in [3.8, 4) is 44.9 Å². The summed E-state index contributed by atoms with van der Waals surface area (Å²) in [4.78, 5) is 10.3. The Labute approximate surface area is 280 Å². The molecule has 3 nitrogen and oxygen atoms in total. The third-order valence-corrected chi connectivity index (χ3v) is 10.4. The number of thiophene rings is 1. The summed E-state index contributed by atoms with van der Waals surface area (Å²) in [5.41, 5.74) is 10.3. The largest absolute Gasteiger partial charge is 0.456 e. The standard InChI is InChI=1S/C44H26N2OS/c1-3-11-28(12-4-1)35-24-33(26-38-40(35)36-23-31-15-7-8-16-32(31)25-37(36)47-38)27-19-21-30(22-20-27)44-45-41(29-13-5-2-6-14-29)43-42(46-44)34-17-9-10-18-39(34)48-43/h1-26H. The minimum absolute atomic E-state index is 0.723. The molecule has 4 heteroatoms. The Morgan fingerprint density at radius 1 is 0.458 bits per heavy atom. The Morgan fingerprint density at radius 2 is 1.12 bits per heavy atom. The molecule has 0 aliphatic carbocycles. The second-order valence-corrected chi connectivity index (χ2v) is 13.2. The second-order valence-electron chi connectivity index (χ2n) is 12.2. The third kappa shape index (κ3) is 4.34. The topological polar surface area (TPSA) is 38.9 Å². The van der Waals surface area contributed by atoms with Crippen LogP contribution in [0.15, 0.2) is 162 Å². The summed E-state index contributed by atoms with van der Waals surface area (Å²) in [5.74, 6) is 0.723.